The number of anilines is 1. The van der Waals surface area contributed by atoms with Gasteiger partial charge < -0.3 is 15.8 Å². The molecule has 1 amide bonds. The highest BCUT2D eigenvalue weighted by Gasteiger charge is 2.03. The first-order valence-corrected chi connectivity index (χ1v) is 6.22. The number of thiophene rings is 1. The molecule has 4 nitrogen and oxygen atoms in total. The Morgan fingerprint density at radius 1 is 1.41 bits per heavy atom. The SMILES string of the molecule is NCCOCC(=O)Nc1ccc2sccc2c1. The van der Waals surface area contributed by atoms with Crippen LogP contribution in [0.1, 0.15) is 0 Å². The molecule has 0 saturated carbocycles. The van der Waals surface area contributed by atoms with Crippen LogP contribution >= 0.6 is 11.3 Å². The Hall–Kier alpha value is -1.43. The van der Waals surface area contributed by atoms with E-state index >= 15 is 0 Å². The number of benzene rings is 1. The molecule has 1 heterocycles. The molecule has 0 aliphatic carbocycles. The molecule has 90 valence electrons. The first-order chi connectivity index (χ1) is 8.29. The molecule has 1 aromatic heterocycles. The van der Waals surface area contributed by atoms with E-state index in [0.29, 0.717) is 13.2 Å². The summed E-state index contributed by atoms with van der Waals surface area (Å²) in [6.45, 7) is 0.865. The molecule has 0 spiro atoms. The van der Waals surface area contributed by atoms with Crippen molar-refractivity contribution in [3.8, 4) is 0 Å². The van der Waals surface area contributed by atoms with Gasteiger partial charge in [0.15, 0.2) is 0 Å². The largest absolute Gasteiger partial charge is 0.370 e. The van der Waals surface area contributed by atoms with Crippen LogP contribution in [0.2, 0.25) is 0 Å². The summed E-state index contributed by atoms with van der Waals surface area (Å²) in [6, 6.07) is 7.86. The Kier molecular flexibility index (Phi) is 4.08. The highest BCUT2D eigenvalue weighted by Crippen LogP contribution is 2.23. The average Bonchev–Trinajstić information content (AvgIpc) is 2.76. The van der Waals surface area contributed by atoms with E-state index in [2.05, 4.69) is 5.32 Å². The van der Waals surface area contributed by atoms with Gasteiger partial charge in [0.2, 0.25) is 5.91 Å². The third-order valence-corrected chi connectivity index (χ3v) is 3.13. The van der Waals surface area contributed by atoms with E-state index in [4.69, 9.17) is 10.5 Å². The topological polar surface area (TPSA) is 64.3 Å². The molecule has 3 N–H and O–H groups in total. The molecule has 0 aliphatic heterocycles. The molecule has 0 atom stereocenters. The highest BCUT2D eigenvalue weighted by atomic mass is 32.1. The molecule has 0 aliphatic rings. The molecule has 2 rings (SSSR count). The Morgan fingerprint density at radius 2 is 2.29 bits per heavy atom. The van der Waals surface area contributed by atoms with Crippen molar-refractivity contribution in [1.82, 2.24) is 0 Å². The lowest BCUT2D eigenvalue weighted by Gasteiger charge is -2.05. The fraction of sp³-hybridized carbons (Fsp3) is 0.250. The molecule has 2 aromatic rings. The summed E-state index contributed by atoms with van der Waals surface area (Å²) in [7, 11) is 0. The smallest absolute Gasteiger partial charge is 0.250 e. The van der Waals surface area contributed by atoms with Crippen LogP contribution in [0.15, 0.2) is 29.6 Å². The molecule has 0 saturated heterocycles. The monoisotopic (exact) mass is 250 g/mol. The summed E-state index contributed by atoms with van der Waals surface area (Å²) in [6.07, 6.45) is 0. The van der Waals surface area contributed by atoms with E-state index in [1.807, 2.05) is 29.6 Å². The van der Waals surface area contributed by atoms with Crippen LogP contribution in [-0.2, 0) is 9.53 Å². The molecule has 0 bridgehead atoms. The van der Waals surface area contributed by atoms with E-state index in [0.717, 1.165) is 11.1 Å². The van der Waals surface area contributed by atoms with Gasteiger partial charge in [-0.3, -0.25) is 4.79 Å². The van der Waals surface area contributed by atoms with E-state index < -0.39 is 0 Å². The molecule has 0 unspecified atom stereocenters. The van der Waals surface area contributed by atoms with Gasteiger partial charge >= 0.3 is 0 Å². The van der Waals surface area contributed by atoms with Crippen LogP contribution in [0.25, 0.3) is 10.1 Å². The first-order valence-electron chi connectivity index (χ1n) is 5.34. The lowest BCUT2D eigenvalue weighted by atomic mass is 10.2. The number of carbonyl (C=O) groups is 1. The van der Waals surface area contributed by atoms with Gasteiger partial charge in [0.1, 0.15) is 6.61 Å². The fourth-order valence-electron chi connectivity index (χ4n) is 1.49. The molecule has 1 aromatic carbocycles. The van der Waals surface area contributed by atoms with E-state index in [9.17, 15) is 4.79 Å². The third kappa shape index (κ3) is 3.26. The second kappa shape index (κ2) is 5.77. The summed E-state index contributed by atoms with van der Waals surface area (Å²) < 4.78 is 6.26. The summed E-state index contributed by atoms with van der Waals surface area (Å²) in [5.74, 6) is -0.159. The Labute approximate surface area is 103 Å². The maximum absolute atomic E-state index is 11.5. The molecular formula is C12H14N2O2S. The Balaban J connectivity index is 1.95. The van der Waals surface area contributed by atoms with Gasteiger partial charge in [-0.1, -0.05) is 0 Å². The minimum atomic E-state index is -0.159. The van der Waals surface area contributed by atoms with Crippen molar-refractivity contribution < 1.29 is 9.53 Å². The van der Waals surface area contributed by atoms with Crippen molar-refractivity contribution in [2.45, 2.75) is 0 Å². The number of nitrogens with one attached hydrogen (secondary N) is 1. The maximum Gasteiger partial charge on any atom is 0.250 e. The number of fused-ring (bicyclic) bond motifs is 1. The van der Waals surface area contributed by atoms with Crippen LogP contribution in [0.5, 0.6) is 0 Å². The minimum Gasteiger partial charge on any atom is -0.370 e. The van der Waals surface area contributed by atoms with Crippen molar-refractivity contribution in [2.24, 2.45) is 5.73 Å². The van der Waals surface area contributed by atoms with Crippen molar-refractivity contribution in [1.29, 1.82) is 0 Å². The summed E-state index contributed by atoms with van der Waals surface area (Å²) in [5.41, 5.74) is 6.05. The summed E-state index contributed by atoms with van der Waals surface area (Å²) in [4.78, 5) is 11.5. The standard InChI is InChI=1S/C12H14N2O2S/c13-4-5-16-8-12(15)14-10-1-2-11-9(7-10)3-6-17-11/h1-3,6-7H,4-5,8,13H2,(H,14,15). The van der Waals surface area contributed by atoms with Crippen LogP contribution in [-0.4, -0.2) is 25.7 Å². The molecule has 5 heteroatoms. The average molecular weight is 250 g/mol. The fourth-order valence-corrected chi connectivity index (χ4v) is 2.26. The number of ether oxygens (including phenoxy) is 1. The van der Waals surface area contributed by atoms with Gasteiger partial charge in [0, 0.05) is 16.9 Å². The van der Waals surface area contributed by atoms with Gasteiger partial charge in [-0.25, -0.2) is 0 Å². The normalized spacial score (nSPS) is 10.6. The quantitative estimate of drug-likeness (QED) is 0.795. The van der Waals surface area contributed by atoms with Gasteiger partial charge in [-0.15, -0.1) is 11.3 Å². The van der Waals surface area contributed by atoms with Crippen LogP contribution in [0.4, 0.5) is 5.69 Å². The number of rotatable bonds is 5. The lowest BCUT2D eigenvalue weighted by Crippen LogP contribution is -2.20. The van der Waals surface area contributed by atoms with E-state index in [-0.39, 0.29) is 12.5 Å². The second-order valence-electron chi connectivity index (χ2n) is 3.56. The summed E-state index contributed by atoms with van der Waals surface area (Å²) >= 11 is 1.68. The second-order valence-corrected chi connectivity index (χ2v) is 4.51. The zero-order chi connectivity index (χ0) is 12.1. The first kappa shape index (κ1) is 12.0. The number of hydrogen-bond acceptors (Lipinski definition) is 4. The number of amides is 1. The van der Waals surface area contributed by atoms with Crippen molar-refractivity contribution in [3.63, 3.8) is 0 Å². The lowest BCUT2D eigenvalue weighted by molar-refractivity contribution is -0.120. The molecular weight excluding hydrogens is 236 g/mol. The van der Waals surface area contributed by atoms with Crippen molar-refractivity contribution in [2.75, 3.05) is 25.1 Å². The van der Waals surface area contributed by atoms with Gasteiger partial charge in [0.05, 0.1) is 6.61 Å². The minimum absolute atomic E-state index is 0.0405. The van der Waals surface area contributed by atoms with Crippen molar-refractivity contribution >= 4 is 33.0 Å². The zero-order valence-corrected chi connectivity index (χ0v) is 10.1. The van der Waals surface area contributed by atoms with Crippen LogP contribution < -0.4 is 11.1 Å². The number of nitrogens with two attached hydrogens (primary N) is 1. The number of carbonyl (C=O) groups excluding carboxylic acids is 1. The van der Waals surface area contributed by atoms with Gasteiger partial charge in [-0.2, -0.15) is 0 Å². The number of hydrogen-bond donors (Lipinski definition) is 2. The van der Waals surface area contributed by atoms with Crippen LogP contribution in [0.3, 0.4) is 0 Å². The zero-order valence-electron chi connectivity index (χ0n) is 9.31. The maximum atomic E-state index is 11.5. The predicted octanol–water partition coefficient (Wildman–Crippen LogP) is 1.82. The molecule has 17 heavy (non-hydrogen) atoms. The van der Waals surface area contributed by atoms with Crippen LogP contribution in [0, 0.1) is 0 Å². The van der Waals surface area contributed by atoms with E-state index in [1.54, 1.807) is 11.3 Å². The summed E-state index contributed by atoms with van der Waals surface area (Å²) in [5, 5.41) is 5.95. The highest BCUT2D eigenvalue weighted by molar-refractivity contribution is 7.17. The predicted molar refractivity (Wildman–Crippen MR) is 70.3 cm³/mol. The molecule has 0 radical (unpaired) electrons. The Bertz CT molecular complexity index is 510. The Morgan fingerprint density at radius 3 is 3.12 bits per heavy atom. The van der Waals surface area contributed by atoms with Gasteiger partial charge in [0.25, 0.3) is 0 Å². The molecule has 0 fully saturated rings. The van der Waals surface area contributed by atoms with Crippen molar-refractivity contribution in [3.05, 3.63) is 29.6 Å². The van der Waals surface area contributed by atoms with Gasteiger partial charge in [-0.05, 0) is 35.0 Å². The van der Waals surface area contributed by atoms with E-state index in [1.165, 1.54) is 4.70 Å². The third-order valence-electron chi connectivity index (χ3n) is 2.23.